The lowest BCUT2D eigenvalue weighted by molar-refractivity contribution is 0.112. The number of hydrogen-bond acceptors (Lipinski definition) is 2. The Morgan fingerprint density at radius 1 is 1.24 bits per heavy atom. The van der Waals surface area contributed by atoms with Crippen LogP contribution < -0.4 is 0 Å². The van der Waals surface area contributed by atoms with Crippen LogP contribution in [0.1, 0.15) is 46.9 Å². The highest BCUT2D eigenvalue weighted by Crippen LogP contribution is 2.25. The molecule has 0 aliphatic rings. The molecule has 0 amide bonds. The van der Waals surface area contributed by atoms with Crippen LogP contribution >= 0.6 is 0 Å². The number of nitrogens with zero attached hydrogens (tertiary/aromatic N) is 1. The van der Waals surface area contributed by atoms with Crippen LogP contribution in [-0.2, 0) is 0 Å². The van der Waals surface area contributed by atoms with Gasteiger partial charge in [0.25, 0.3) is 0 Å². The van der Waals surface area contributed by atoms with Crippen molar-refractivity contribution in [3.63, 3.8) is 0 Å². The minimum Gasteiger partial charge on any atom is -0.298 e. The number of aldehydes is 1. The number of fused-ring (bicyclic) bond motifs is 1. The maximum atomic E-state index is 11.2. The van der Waals surface area contributed by atoms with E-state index in [1.165, 1.54) is 5.56 Å². The van der Waals surface area contributed by atoms with Gasteiger partial charge in [-0.2, -0.15) is 0 Å². The summed E-state index contributed by atoms with van der Waals surface area (Å²) in [6.45, 7) is 8.31. The maximum Gasteiger partial charge on any atom is 0.150 e. The Balaban J connectivity index is 2.88. The number of carbonyl (C=O) groups excluding carboxylic acids is 1. The summed E-state index contributed by atoms with van der Waals surface area (Å²) in [4.78, 5) is 15.8. The molecule has 0 atom stereocenters. The fourth-order valence-electron chi connectivity index (χ4n) is 1.97. The Bertz CT molecular complexity index is 585. The van der Waals surface area contributed by atoms with Gasteiger partial charge in [-0.15, -0.1) is 0 Å². The predicted molar refractivity (Wildman–Crippen MR) is 70.7 cm³/mol. The Morgan fingerprint density at radius 3 is 2.53 bits per heavy atom. The predicted octanol–water partition coefficient (Wildman–Crippen LogP) is 3.79. The fourth-order valence-corrected chi connectivity index (χ4v) is 1.97. The number of aromatic nitrogens is 1. The lowest BCUT2D eigenvalue weighted by Crippen LogP contribution is -1.99. The van der Waals surface area contributed by atoms with Gasteiger partial charge in [-0.25, -0.2) is 0 Å². The zero-order valence-corrected chi connectivity index (χ0v) is 10.7. The van der Waals surface area contributed by atoms with Crippen molar-refractivity contribution >= 4 is 17.2 Å². The number of carbonyl (C=O) groups is 1. The van der Waals surface area contributed by atoms with E-state index in [9.17, 15) is 4.79 Å². The molecule has 0 aliphatic carbocycles. The average molecular weight is 227 g/mol. The van der Waals surface area contributed by atoms with E-state index in [0.29, 0.717) is 5.92 Å². The van der Waals surface area contributed by atoms with Crippen LogP contribution in [0.2, 0.25) is 0 Å². The van der Waals surface area contributed by atoms with Gasteiger partial charge in [0.1, 0.15) is 0 Å². The van der Waals surface area contributed by atoms with Crippen LogP contribution in [0.25, 0.3) is 10.9 Å². The van der Waals surface area contributed by atoms with E-state index in [2.05, 4.69) is 32.7 Å². The van der Waals surface area contributed by atoms with Crippen LogP contribution in [-0.4, -0.2) is 11.3 Å². The summed E-state index contributed by atoms with van der Waals surface area (Å²) in [5.74, 6) is 0.331. The molecule has 0 spiro atoms. The molecular weight excluding hydrogens is 210 g/mol. The van der Waals surface area contributed by atoms with Gasteiger partial charge in [0.05, 0.1) is 5.52 Å². The summed E-state index contributed by atoms with van der Waals surface area (Å²) in [5.41, 5.74) is 5.05. The smallest absolute Gasteiger partial charge is 0.150 e. The number of benzene rings is 1. The first-order valence-electron chi connectivity index (χ1n) is 5.90. The molecule has 0 aliphatic heterocycles. The Kier molecular flexibility index (Phi) is 2.97. The summed E-state index contributed by atoms with van der Waals surface area (Å²) in [5, 5.41) is 0.951. The second kappa shape index (κ2) is 4.28. The third-order valence-corrected chi connectivity index (χ3v) is 3.28. The molecule has 2 aromatic rings. The van der Waals surface area contributed by atoms with Crippen molar-refractivity contribution in [1.29, 1.82) is 0 Å². The molecule has 2 heteroatoms. The van der Waals surface area contributed by atoms with Crippen molar-refractivity contribution in [3.05, 3.63) is 40.6 Å². The molecule has 0 N–H and O–H groups in total. The van der Waals surface area contributed by atoms with Crippen molar-refractivity contribution in [2.75, 3.05) is 0 Å². The molecule has 0 radical (unpaired) electrons. The molecule has 88 valence electrons. The second-order valence-electron chi connectivity index (χ2n) is 4.81. The van der Waals surface area contributed by atoms with Crippen LogP contribution in [0.5, 0.6) is 0 Å². The van der Waals surface area contributed by atoms with Crippen molar-refractivity contribution < 1.29 is 4.79 Å². The van der Waals surface area contributed by atoms with Crippen molar-refractivity contribution in [1.82, 2.24) is 4.98 Å². The van der Waals surface area contributed by atoms with Gasteiger partial charge in [0.2, 0.25) is 0 Å². The normalized spacial score (nSPS) is 11.1. The molecular formula is C15H17NO. The first-order chi connectivity index (χ1) is 8.04. The van der Waals surface area contributed by atoms with E-state index in [1.807, 2.05) is 18.2 Å². The Hall–Kier alpha value is -1.70. The minimum atomic E-state index is 0.331. The maximum absolute atomic E-state index is 11.2. The van der Waals surface area contributed by atoms with Crippen molar-refractivity contribution in [3.8, 4) is 0 Å². The Morgan fingerprint density at radius 2 is 1.94 bits per heavy atom. The van der Waals surface area contributed by atoms with E-state index < -0.39 is 0 Å². The van der Waals surface area contributed by atoms with Gasteiger partial charge in [0.15, 0.2) is 6.29 Å². The first kappa shape index (κ1) is 11.8. The number of hydrogen-bond donors (Lipinski definition) is 0. The molecule has 0 unspecified atom stereocenters. The topological polar surface area (TPSA) is 30.0 Å². The molecule has 0 saturated carbocycles. The van der Waals surface area contributed by atoms with E-state index in [0.717, 1.165) is 34.0 Å². The summed E-state index contributed by atoms with van der Waals surface area (Å²) >= 11 is 0. The molecule has 1 heterocycles. The second-order valence-corrected chi connectivity index (χ2v) is 4.81. The van der Waals surface area contributed by atoms with Gasteiger partial charge < -0.3 is 0 Å². The highest BCUT2D eigenvalue weighted by molar-refractivity contribution is 5.98. The SMILES string of the molecule is Cc1ccc2c(C=O)cc(C(C)C)nc2c1C. The standard InChI is InChI=1S/C15H17NO/c1-9(2)14-7-12(8-17)13-6-5-10(3)11(4)15(13)16-14/h5-9H,1-4H3. The number of rotatable bonds is 2. The largest absolute Gasteiger partial charge is 0.298 e. The van der Waals surface area contributed by atoms with Gasteiger partial charge in [-0.3, -0.25) is 9.78 Å². The number of pyridine rings is 1. The van der Waals surface area contributed by atoms with Gasteiger partial charge in [-0.1, -0.05) is 26.0 Å². The van der Waals surface area contributed by atoms with Crippen LogP contribution in [0.15, 0.2) is 18.2 Å². The van der Waals surface area contributed by atoms with Crippen molar-refractivity contribution in [2.24, 2.45) is 0 Å². The van der Waals surface area contributed by atoms with Gasteiger partial charge >= 0.3 is 0 Å². The molecule has 0 saturated heterocycles. The highest BCUT2D eigenvalue weighted by atomic mass is 16.1. The quantitative estimate of drug-likeness (QED) is 0.731. The minimum absolute atomic E-state index is 0.331. The number of aryl methyl sites for hydroxylation is 2. The average Bonchev–Trinajstić information content (AvgIpc) is 2.32. The van der Waals surface area contributed by atoms with Gasteiger partial charge in [-0.05, 0) is 37.0 Å². The van der Waals surface area contributed by atoms with E-state index >= 15 is 0 Å². The third-order valence-electron chi connectivity index (χ3n) is 3.28. The summed E-state index contributed by atoms with van der Waals surface area (Å²) < 4.78 is 0. The first-order valence-corrected chi connectivity index (χ1v) is 5.90. The van der Waals surface area contributed by atoms with E-state index in [1.54, 1.807) is 0 Å². The van der Waals surface area contributed by atoms with Crippen LogP contribution in [0, 0.1) is 13.8 Å². The van der Waals surface area contributed by atoms with E-state index in [-0.39, 0.29) is 0 Å². The molecule has 17 heavy (non-hydrogen) atoms. The molecule has 2 nitrogen and oxygen atoms in total. The Labute approximate surface area is 102 Å². The lowest BCUT2D eigenvalue weighted by atomic mass is 9.99. The molecule has 0 fully saturated rings. The summed E-state index contributed by atoms with van der Waals surface area (Å²) in [6, 6.07) is 5.93. The zero-order valence-electron chi connectivity index (χ0n) is 10.7. The molecule has 0 bridgehead atoms. The monoisotopic (exact) mass is 227 g/mol. The highest BCUT2D eigenvalue weighted by Gasteiger charge is 2.10. The zero-order chi connectivity index (χ0) is 12.6. The van der Waals surface area contributed by atoms with Gasteiger partial charge in [0, 0.05) is 16.6 Å². The van der Waals surface area contributed by atoms with Crippen molar-refractivity contribution in [2.45, 2.75) is 33.6 Å². The lowest BCUT2D eigenvalue weighted by Gasteiger charge is -2.11. The fraction of sp³-hybridized carbons (Fsp3) is 0.333. The molecule has 1 aromatic heterocycles. The summed E-state index contributed by atoms with van der Waals surface area (Å²) in [7, 11) is 0. The molecule has 1 aromatic carbocycles. The summed E-state index contributed by atoms with van der Waals surface area (Å²) in [6.07, 6.45) is 0.921. The van der Waals surface area contributed by atoms with E-state index in [4.69, 9.17) is 0 Å². The van der Waals surface area contributed by atoms with Crippen LogP contribution in [0.4, 0.5) is 0 Å². The third kappa shape index (κ3) is 1.95. The molecule has 2 rings (SSSR count). The van der Waals surface area contributed by atoms with Crippen LogP contribution in [0.3, 0.4) is 0 Å².